The second kappa shape index (κ2) is 3.86. The lowest BCUT2D eigenvalue weighted by Gasteiger charge is -2.03. The van der Waals surface area contributed by atoms with E-state index in [-0.39, 0.29) is 0 Å². The fraction of sp³-hybridized carbons (Fsp3) is 0.0833. The van der Waals surface area contributed by atoms with Gasteiger partial charge in [-0.25, -0.2) is 14.6 Å². The van der Waals surface area contributed by atoms with Gasteiger partial charge in [-0.2, -0.15) is 5.10 Å². The van der Waals surface area contributed by atoms with Crippen molar-refractivity contribution in [3.8, 4) is 5.69 Å². The number of hydrogen-bond acceptors (Lipinski definition) is 4. The van der Waals surface area contributed by atoms with Crippen molar-refractivity contribution in [2.24, 2.45) is 0 Å². The standard InChI is InChI=1S/C12H11N5/c1-13-11-10-7-16-17(12(10)15-8-14-11)9-5-3-2-4-6-9/h2-8H,1H3,(H,13,14,15). The van der Waals surface area contributed by atoms with E-state index in [0.29, 0.717) is 0 Å². The molecule has 2 heterocycles. The number of anilines is 1. The maximum atomic E-state index is 4.35. The van der Waals surface area contributed by atoms with Gasteiger partial charge in [0.25, 0.3) is 0 Å². The molecule has 0 amide bonds. The zero-order valence-corrected chi connectivity index (χ0v) is 9.33. The first-order chi connectivity index (χ1) is 8.40. The first-order valence-corrected chi connectivity index (χ1v) is 5.32. The average molecular weight is 225 g/mol. The molecule has 0 aliphatic carbocycles. The molecule has 0 saturated carbocycles. The van der Waals surface area contributed by atoms with E-state index in [1.54, 1.807) is 10.9 Å². The quantitative estimate of drug-likeness (QED) is 0.723. The highest BCUT2D eigenvalue weighted by Crippen LogP contribution is 2.20. The molecule has 5 heteroatoms. The monoisotopic (exact) mass is 225 g/mol. The first-order valence-electron chi connectivity index (χ1n) is 5.32. The van der Waals surface area contributed by atoms with Crippen LogP contribution in [0.3, 0.4) is 0 Å². The van der Waals surface area contributed by atoms with Crippen LogP contribution in [0.5, 0.6) is 0 Å². The van der Waals surface area contributed by atoms with E-state index in [2.05, 4.69) is 20.4 Å². The zero-order chi connectivity index (χ0) is 11.7. The fourth-order valence-corrected chi connectivity index (χ4v) is 1.80. The van der Waals surface area contributed by atoms with E-state index in [4.69, 9.17) is 0 Å². The number of nitrogens with zero attached hydrogens (tertiary/aromatic N) is 4. The van der Waals surface area contributed by atoms with Gasteiger partial charge in [0.15, 0.2) is 5.65 Å². The molecular formula is C12H11N5. The molecular weight excluding hydrogens is 214 g/mol. The van der Waals surface area contributed by atoms with Crippen molar-refractivity contribution in [3.05, 3.63) is 42.9 Å². The van der Waals surface area contributed by atoms with Crippen LogP contribution < -0.4 is 5.32 Å². The Hall–Kier alpha value is -2.43. The Balaban J connectivity index is 2.26. The molecule has 17 heavy (non-hydrogen) atoms. The smallest absolute Gasteiger partial charge is 0.168 e. The largest absolute Gasteiger partial charge is 0.372 e. The maximum Gasteiger partial charge on any atom is 0.168 e. The van der Waals surface area contributed by atoms with Crippen LogP contribution in [-0.4, -0.2) is 26.8 Å². The second-order valence-electron chi connectivity index (χ2n) is 3.60. The Morgan fingerprint density at radius 3 is 2.71 bits per heavy atom. The molecule has 0 atom stereocenters. The lowest BCUT2D eigenvalue weighted by molar-refractivity contribution is 0.895. The van der Waals surface area contributed by atoms with Crippen molar-refractivity contribution in [2.75, 3.05) is 12.4 Å². The third-order valence-corrected chi connectivity index (χ3v) is 2.60. The molecule has 0 radical (unpaired) electrons. The zero-order valence-electron chi connectivity index (χ0n) is 9.33. The minimum atomic E-state index is 0.789. The molecule has 5 nitrogen and oxygen atoms in total. The molecule has 0 aliphatic rings. The summed E-state index contributed by atoms with van der Waals surface area (Å²) in [4.78, 5) is 8.43. The molecule has 0 unspecified atom stereocenters. The predicted molar refractivity (Wildman–Crippen MR) is 66.2 cm³/mol. The number of fused-ring (bicyclic) bond motifs is 1. The predicted octanol–water partition coefficient (Wildman–Crippen LogP) is 1.86. The molecule has 0 bridgehead atoms. The van der Waals surface area contributed by atoms with Gasteiger partial charge in [-0.1, -0.05) is 18.2 Å². The van der Waals surface area contributed by atoms with Gasteiger partial charge in [-0.05, 0) is 12.1 Å². The molecule has 84 valence electrons. The molecule has 3 rings (SSSR count). The van der Waals surface area contributed by atoms with Gasteiger partial charge in [0.1, 0.15) is 12.1 Å². The van der Waals surface area contributed by atoms with Crippen LogP contribution in [0, 0.1) is 0 Å². The van der Waals surface area contributed by atoms with Crippen molar-refractivity contribution in [3.63, 3.8) is 0 Å². The normalized spacial score (nSPS) is 10.6. The summed E-state index contributed by atoms with van der Waals surface area (Å²) in [7, 11) is 1.83. The topological polar surface area (TPSA) is 55.6 Å². The number of benzene rings is 1. The first kappa shape index (κ1) is 9.77. The van der Waals surface area contributed by atoms with Crippen LogP contribution in [0.15, 0.2) is 42.9 Å². The van der Waals surface area contributed by atoms with E-state index in [1.165, 1.54) is 6.33 Å². The van der Waals surface area contributed by atoms with Gasteiger partial charge in [0.2, 0.25) is 0 Å². The average Bonchev–Trinajstić information content (AvgIpc) is 2.83. The Kier molecular flexibility index (Phi) is 2.22. The Bertz CT molecular complexity index is 644. The molecule has 0 spiro atoms. The maximum absolute atomic E-state index is 4.35. The molecule has 0 saturated heterocycles. The summed E-state index contributed by atoms with van der Waals surface area (Å²) in [6, 6.07) is 9.91. The van der Waals surface area contributed by atoms with Gasteiger partial charge >= 0.3 is 0 Å². The minimum Gasteiger partial charge on any atom is -0.372 e. The highest BCUT2D eigenvalue weighted by molar-refractivity contribution is 5.86. The molecule has 1 N–H and O–H groups in total. The van der Waals surface area contributed by atoms with E-state index < -0.39 is 0 Å². The third-order valence-electron chi connectivity index (χ3n) is 2.60. The van der Waals surface area contributed by atoms with E-state index in [1.807, 2.05) is 37.4 Å². The van der Waals surface area contributed by atoms with Crippen LogP contribution in [0.1, 0.15) is 0 Å². The lowest BCUT2D eigenvalue weighted by Crippen LogP contribution is -1.98. The second-order valence-corrected chi connectivity index (χ2v) is 3.60. The number of aromatic nitrogens is 4. The van der Waals surface area contributed by atoms with E-state index in [9.17, 15) is 0 Å². The number of hydrogen-bond donors (Lipinski definition) is 1. The van der Waals surface area contributed by atoms with Crippen molar-refractivity contribution in [1.29, 1.82) is 0 Å². The number of nitrogens with one attached hydrogen (secondary N) is 1. The van der Waals surface area contributed by atoms with Crippen LogP contribution >= 0.6 is 0 Å². The Morgan fingerprint density at radius 1 is 1.12 bits per heavy atom. The highest BCUT2D eigenvalue weighted by Gasteiger charge is 2.09. The summed E-state index contributed by atoms with van der Waals surface area (Å²) in [6.07, 6.45) is 3.31. The van der Waals surface area contributed by atoms with E-state index >= 15 is 0 Å². The summed E-state index contributed by atoms with van der Waals surface area (Å²) in [5, 5.41) is 8.29. The molecule has 2 aromatic heterocycles. The SMILES string of the molecule is CNc1ncnc2c1cnn2-c1ccccc1. The number of para-hydroxylation sites is 1. The van der Waals surface area contributed by atoms with Gasteiger partial charge < -0.3 is 5.32 Å². The molecule has 1 aromatic carbocycles. The third kappa shape index (κ3) is 1.52. The van der Waals surface area contributed by atoms with Crippen LogP contribution in [0.2, 0.25) is 0 Å². The molecule has 0 fully saturated rings. The summed E-state index contributed by atoms with van der Waals surface area (Å²) in [5.41, 5.74) is 1.79. The van der Waals surface area contributed by atoms with Crippen molar-refractivity contribution < 1.29 is 0 Å². The molecule has 0 aliphatic heterocycles. The molecule has 3 aromatic rings. The van der Waals surface area contributed by atoms with Gasteiger partial charge in [-0.3, -0.25) is 0 Å². The summed E-state index contributed by atoms with van der Waals surface area (Å²) in [6.45, 7) is 0. The van der Waals surface area contributed by atoms with Gasteiger partial charge in [-0.15, -0.1) is 0 Å². The van der Waals surface area contributed by atoms with Crippen molar-refractivity contribution in [1.82, 2.24) is 19.7 Å². The Labute approximate surface area is 98.1 Å². The van der Waals surface area contributed by atoms with Crippen LogP contribution in [-0.2, 0) is 0 Å². The van der Waals surface area contributed by atoms with Crippen LogP contribution in [0.25, 0.3) is 16.7 Å². The lowest BCUT2D eigenvalue weighted by atomic mass is 10.3. The Morgan fingerprint density at radius 2 is 1.94 bits per heavy atom. The minimum absolute atomic E-state index is 0.789. The summed E-state index contributed by atoms with van der Waals surface area (Å²) in [5.74, 6) is 0.789. The van der Waals surface area contributed by atoms with Crippen molar-refractivity contribution >= 4 is 16.9 Å². The fourth-order valence-electron chi connectivity index (χ4n) is 1.80. The van der Waals surface area contributed by atoms with E-state index in [0.717, 1.165) is 22.5 Å². The summed E-state index contributed by atoms with van der Waals surface area (Å²) >= 11 is 0. The van der Waals surface area contributed by atoms with Crippen molar-refractivity contribution in [2.45, 2.75) is 0 Å². The van der Waals surface area contributed by atoms with Crippen LogP contribution in [0.4, 0.5) is 5.82 Å². The van der Waals surface area contributed by atoms with Gasteiger partial charge in [0.05, 0.1) is 17.3 Å². The highest BCUT2D eigenvalue weighted by atomic mass is 15.3. The van der Waals surface area contributed by atoms with Gasteiger partial charge in [0, 0.05) is 7.05 Å². The summed E-state index contributed by atoms with van der Waals surface area (Å²) < 4.78 is 1.80. The number of rotatable bonds is 2.